The molecule has 22 heavy (non-hydrogen) atoms. The third kappa shape index (κ3) is 2.15. The van der Waals surface area contributed by atoms with Crippen LogP contribution in [0, 0.1) is 0 Å². The van der Waals surface area contributed by atoms with Crippen LogP contribution in [-0.2, 0) is 11.3 Å². The molecule has 0 aliphatic carbocycles. The number of aromatic amines is 1. The fourth-order valence-corrected chi connectivity index (χ4v) is 2.81. The topological polar surface area (TPSA) is 64.2 Å². The zero-order chi connectivity index (χ0) is 15.1. The first-order chi connectivity index (χ1) is 10.7. The van der Waals surface area contributed by atoms with Crippen LogP contribution in [0.25, 0.3) is 22.3 Å². The SMILES string of the molecule is O=c1[nH]c(-c2cc(Cl)cc3c2OCOC3)nc2ccccc12. The van der Waals surface area contributed by atoms with Crippen molar-refractivity contribution in [1.29, 1.82) is 0 Å². The lowest BCUT2D eigenvalue weighted by molar-refractivity contribution is -0.0159. The molecule has 1 aromatic heterocycles. The van der Waals surface area contributed by atoms with Gasteiger partial charge in [-0.2, -0.15) is 0 Å². The number of ether oxygens (including phenoxy) is 2. The summed E-state index contributed by atoms with van der Waals surface area (Å²) in [6.07, 6.45) is 0. The lowest BCUT2D eigenvalue weighted by atomic mass is 10.1. The van der Waals surface area contributed by atoms with E-state index in [9.17, 15) is 4.79 Å². The second kappa shape index (κ2) is 5.12. The minimum absolute atomic E-state index is 0.166. The highest BCUT2D eigenvalue weighted by Gasteiger charge is 2.19. The van der Waals surface area contributed by atoms with Crippen LogP contribution in [0.5, 0.6) is 5.75 Å². The number of H-pyrrole nitrogens is 1. The van der Waals surface area contributed by atoms with Crippen molar-refractivity contribution in [3.05, 3.63) is 57.3 Å². The maximum atomic E-state index is 12.2. The molecule has 2 aromatic carbocycles. The van der Waals surface area contributed by atoms with Crippen LogP contribution in [-0.4, -0.2) is 16.8 Å². The first kappa shape index (κ1) is 13.3. The summed E-state index contributed by atoms with van der Waals surface area (Å²) in [4.78, 5) is 19.6. The van der Waals surface area contributed by atoms with Gasteiger partial charge in [0.1, 0.15) is 11.6 Å². The summed E-state index contributed by atoms with van der Waals surface area (Å²) in [7, 11) is 0. The molecule has 0 fully saturated rings. The van der Waals surface area contributed by atoms with E-state index in [-0.39, 0.29) is 12.4 Å². The maximum absolute atomic E-state index is 12.2. The summed E-state index contributed by atoms with van der Waals surface area (Å²) >= 11 is 6.16. The molecule has 4 rings (SSSR count). The van der Waals surface area contributed by atoms with Crippen LogP contribution in [0.2, 0.25) is 5.02 Å². The Morgan fingerprint density at radius 1 is 1.23 bits per heavy atom. The molecular formula is C16H11ClN2O3. The molecule has 3 aromatic rings. The summed E-state index contributed by atoms with van der Waals surface area (Å²) in [5.74, 6) is 1.08. The maximum Gasteiger partial charge on any atom is 0.259 e. The summed E-state index contributed by atoms with van der Waals surface area (Å²) in [5.41, 5.74) is 1.93. The Kier molecular flexibility index (Phi) is 3.10. The predicted molar refractivity (Wildman–Crippen MR) is 83.1 cm³/mol. The molecular weight excluding hydrogens is 304 g/mol. The van der Waals surface area contributed by atoms with Crippen molar-refractivity contribution in [2.24, 2.45) is 0 Å². The number of hydrogen-bond donors (Lipinski definition) is 1. The molecule has 1 N–H and O–H groups in total. The summed E-state index contributed by atoms with van der Waals surface area (Å²) in [6, 6.07) is 10.7. The standard InChI is InChI=1S/C16H11ClN2O3/c17-10-5-9-7-21-8-22-14(9)12(6-10)15-18-13-4-2-1-3-11(13)16(20)19-15/h1-6H,7-8H2,(H,18,19,20). The number of fused-ring (bicyclic) bond motifs is 2. The van der Waals surface area contributed by atoms with Gasteiger partial charge in [-0.1, -0.05) is 23.7 Å². The van der Waals surface area contributed by atoms with E-state index in [1.807, 2.05) is 6.07 Å². The predicted octanol–water partition coefficient (Wildman–Crippen LogP) is 3.11. The number of nitrogens with zero attached hydrogens (tertiary/aromatic N) is 1. The van der Waals surface area contributed by atoms with Gasteiger partial charge in [0.15, 0.2) is 6.79 Å². The largest absolute Gasteiger partial charge is 0.466 e. The fraction of sp³-hybridized carbons (Fsp3) is 0.125. The van der Waals surface area contributed by atoms with E-state index in [1.165, 1.54) is 0 Å². The van der Waals surface area contributed by atoms with Crippen LogP contribution in [0.4, 0.5) is 0 Å². The van der Waals surface area contributed by atoms with Crippen molar-refractivity contribution < 1.29 is 9.47 Å². The molecule has 6 heteroatoms. The van der Waals surface area contributed by atoms with Crippen LogP contribution in [0.15, 0.2) is 41.2 Å². The van der Waals surface area contributed by atoms with Gasteiger partial charge in [-0.3, -0.25) is 4.79 Å². The highest BCUT2D eigenvalue weighted by Crippen LogP contribution is 2.36. The molecule has 1 aliphatic rings. The van der Waals surface area contributed by atoms with Crippen LogP contribution in [0.3, 0.4) is 0 Å². The van der Waals surface area contributed by atoms with Crippen molar-refractivity contribution in [3.63, 3.8) is 0 Å². The second-order valence-corrected chi connectivity index (χ2v) is 5.42. The Labute approximate surface area is 130 Å². The number of hydrogen-bond acceptors (Lipinski definition) is 4. The molecule has 0 atom stereocenters. The van der Waals surface area contributed by atoms with E-state index in [4.69, 9.17) is 21.1 Å². The number of nitrogens with one attached hydrogen (secondary N) is 1. The van der Waals surface area contributed by atoms with Gasteiger partial charge in [0, 0.05) is 10.6 Å². The number of aromatic nitrogens is 2. The Bertz CT molecular complexity index is 936. The van der Waals surface area contributed by atoms with Gasteiger partial charge in [-0.05, 0) is 24.3 Å². The van der Waals surface area contributed by atoms with Gasteiger partial charge < -0.3 is 14.5 Å². The third-order valence-electron chi connectivity index (χ3n) is 3.54. The van der Waals surface area contributed by atoms with Crippen LogP contribution >= 0.6 is 11.6 Å². The van der Waals surface area contributed by atoms with E-state index in [0.29, 0.717) is 39.7 Å². The average Bonchev–Trinajstić information content (AvgIpc) is 2.54. The molecule has 0 saturated heterocycles. The van der Waals surface area contributed by atoms with Crippen LogP contribution < -0.4 is 10.3 Å². The van der Waals surface area contributed by atoms with Gasteiger partial charge in [0.2, 0.25) is 0 Å². The second-order valence-electron chi connectivity index (χ2n) is 4.98. The monoisotopic (exact) mass is 314 g/mol. The van der Waals surface area contributed by atoms with Crippen molar-refractivity contribution in [1.82, 2.24) is 9.97 Å². The Morgan fingerprint density at radius 2 is 2.09 bits per heavy atom. The minimum Gasteiger partial charge on any atom is -0.466 e. The number of benzene rings is 2. The Balaban J connectivity index is 1.99. The molecule has 0 saturated carbocycles. The van der Waals surface area contributed by atoms with Crippen molar-refractivity contribution in [2.45, 2.75) is 6.61 Å². The summed E-state index contributed by atoms with van der Waals surface area (Å²) < 4.78 is 10.8. The first-order valence-electron chi connectivity index (χ1n) is 6.75. The molecule has 0 radical (unpaired) electrons. The third-order valence-corrected chi connectivity index (χ3v) is 3.76. The summed E-state index contributed by atoms with van der Waals surface area (Å²) in [5, 5.41) is 1.09. The minimum atomic E-state index is -0.193. The average molecular weight is 315 g/mol. The van der Waals surface area contributed by atoms with Gasteiger partial charge in [0.25, 0.3) is 5.56 Å². The van der Waals surface area contributed by atoms with Gasteiger partial charge in [-0.15, -0.1) is 0 Å². The molecule has 0 bridgehead atoms. The summed E-state index contributed by atoms with van der Waals surface area (Å²) in [6.45, 7) is 0.583. The fourth-order valence-electron chi connectivity index (χ4n) is 2.57. The van der Waals surface area contributed by atoms with Crippen molar-refractivity contribution >= 4 is 22.5 Å². The van der Waals surface area contributed by atoms with E-state index in [0.717, 1.165) is 5.56 Å². The van der Waals surface area contributed by atoms with E-state index < -0.39 is 0 Å². The number of rotatable bonds is 1. The van der Waals surface area contributed by atoms with E-state index >= 15 is 0 Å². The zero-order valence-electron chi connectivity index (χ0n) is 11.4. The lowest BCUT2D eigenvalue weighted by Gasteiger charge is -2.20. The first-order valence-corrected chi connectivity index (χ1v) is 7.12. The van der Waals surface area contributed by atoms with Crippen molar-refractivity contribution in [3.8, 4) is 17.1 Å². The molecule has 1 aliphatic heterocycles. The molecule has 0 amide bonds. The zero-order valence-corrected chi connectivity index (χ0v) is 12.2. The van der Waals surface area contributed by atoms with E-state index in [2.05, 4.69) is 9.97 Å². The van der Waals surface area contributed by atoms with Gasteiger partial charge >= 0.3 is 0 Å². The van der Waals surface area contributed by atoms with Gasteiger partial charge in [0.05, 0.1) is 23.1 Å². The quantitative estimate of drug-likeness (QED) is 0.749. The number of halogens is 1. The van der Waals surface area contributed by atoms with Gasteiger partial charge in [-0.25, -0.2) is 4.98 Å². The highest BCUT2D eigenvalue weighted by molar-refractivity contribution is 6.31. The smallest absolute Gasteiger partial charge is 0.259 e. The van der Waals surface area contributed by atoms with E-state index in [1.54, 1.807) is 30.3 Å². The molecule has 110 valence electrons. The van der Waals surface area contributed by atoms with Crippen molar-refractivity contribution in [2.75, 3.05) is 6.79 Å². The molecule has 5 nitrogen and oxygen atoms in total. The lowest BCUT2D eigenvalue weighted by Crippen LogP contribution is -2.14. The molecule has 2 heterocycles. The van der Waals surface area contributed by atoms with Crippen LogP contribution in [0.1, 0.15) is 5.56 Å². The highest BCUT2D eigenvalue weighted by atomic mass is 35.5. The normalized spacial score (nSPS) is 13.7. The number of para-hydroxylation sites is 1. The molecule has 0 spiro atoms. The molecule has 0 unspecified atom stereocenters. The Morgan fingerprint density at radius 3 is 3.00 bits per heavy atom. The Hall–Kier alpha value is -2.37.